The van der Waals surface area contributed by atoms with Crippen LogP contribution >= 0.6 is 0 Å². The van der Waals surface area contributed by atoms with Gasteiger partial charge in [0.2, 0.25) is 0 Å². The summed E-state index contributed by atoms with van der Waals surface area (Å²) >= 11 is 0. The molecule has 0 atom stereocenters. The Bertz CT molecular complexity index is 860. The summed E-state index contributed by atoms with van der Waals surface area (Å²) in [6.07, 6.45) is 2.20. The van der Waals surface area contributed by atoms with Crippen molar-refractivity contribution < 1.29 is 23.5 Å². The van der Waals surface area contributed by atoms with Crippen molar-refractivity contribution in [3.05, 3.63) is 39.7 Å². The Labute approximate surface area is 138 Å². The molecule has 0 aliphatic heterocycles. The summed E-state index contributed by atoms with van der Waals surface area (Å²) in [6, 6.07) is 4.75. The van der Waals surface area contributed by atoms with Crippen molar-refractivity contribution in [3.63, 3.8) is 0 Å². The first-order valence-corrected chi connectivity index (χ1v) is 7.84. The molecule has 0 unspecified atom stereocenters. The molecule has 0 N–H and O–H groups in total. The number of hydrogen-bond donors (Lipinski definition) is 0. The molecular weight excluding hydrogens is 312 g/mol. The number of carbonyl (C=O) groups is 2. The molecule has 1 aliphatic rings. The fraction of sp³-hybridized carbons (Fsp3) is 0.389. The van der Waals surface area contributed by atoms with Crippen LogP contribution in [-0.4, -0.2) is 19.0 Å². The zero-order valence-corrected chi connectivity index (χ0v) is 13.6. The van der Waals surface area contributed by atoms with Crippen LogP contribution in [0, 0.1) is 12.8 Å². The highest BCUT2D eigenvalue weighted by Crippen LogP contribution is 2.33. The Kier molecular flexibility index (Phi) is 4.38. The minimum Gasteiger partial charge on any atom is -0.469 e. The van der Waals surface area contributed by atoms with Crippen LogP contribution in [-0.2, 0) is 20.7 Å². The van der Waals surface area contributed by atoms with Crippen LogP contribution in [0.2, 0.25) is 0 Å². The predicted molar refractivity (Wildman–Crippen MR) is 85.9 cm³/mol. The van der Waals surface area contributed by atoms with E-state index < -0.39 is 5.63 Å². The molecule has 1 aliphatic carbocycles. The molecule has 1 aromatic heterocycles. The Morgan fingerprint density at radius 3 is 2.67 bits per heavy atom. The first-order chi connectivity index (χ1) is 11.5. The highest BCUT2D eigenvalue weighted by molar-refractivity contribution is 5.85. The number of hydrogen-bond acceptors (Lipinski definition) is 6. The van der Waals surface area contributed by atoms with Crippen LogP contribution in [0.1, 0.15) is 30.4 Å². The van der Waals surface area contributed by atoms with Gasteiger partial charge < -0.3 is 13.9 Å². The van der Waals surface area contributed by atoms with Gasteiger partial charge >= 0.3 is 17.6 Å². The van der Waals surface area contributed by atoms with Gasteiger partial charge in [0, 0.05) is 23.9 Å². The van der Waals surface area contributed by atoms with Gasteiger partial charge in [0.1, 0.15) is 11.3 Å². The summed E-state index contributed by atoms with van der Waals surface area (Å²) in [4.78, 5) is 35.0. The number of methoxy groups -OCH3 is 1. The SMILES string of the molecule is COC(=O)CCc1cc2c(C)cc(=O)oc2cc1OC(=O)C1CC1. The zero-order valence-electron chi connectivity index (χ0n) is 13.6. The second kappa shape index (κ2) is 6.47. The van der Waals surface area contributed by atoms with Crippen LogP contribution in [0.5, 0.6) is 5.75 Å². The highest BCUT2D eigenvalue weighted by atomic mass is 16.5. The quantitative estimate of drug-likeness (QED) is 0.476. The van der Waals surface area contributed by atoms with Gasteiger partial charge in [0.25, 0.3) is 0 Å². The lowest BCUT2D eigenvalue weighted by Gasteiger charge is -2.12. The largest absolute Gasteiger partial charge is 0.469 e. The molecule has 0 radical (unpaired) electrons. The smallest absolute Gasteiger partial charge is 0.336 e. The van der Waals surface area contributed by atoms with E-state index in [-0.39, 0.29) is 24.3 Å². The highest BCUT2D eigenvalue weighted by Gasteiger charge is 2.32. The van der Waals surface area contributed by atoms with Gasteiger partial charge in [-0.05, 0) is 43.4 Å². The summed E-state index contributed by atoms with van der Waals surface area (Å²) in [6.45, 7) is 1.80. The van der Waals surface area contributed by atoms with Crippen molar-refractivity contribution >= 4 is 22.9 Å². The number of rotatable bonds is 5. The second-order valence-corrected chi connectivity index (χ2v) is 5.98. The average molecular weight is 330 g/mol. The van der Waals surface area contributed by atoms with Gasteiger partial charge in [-0.15, -0.1) is 0 Å². The van der Waals surface area contributed by atoms with E-state index in [1.807, 2.05) is 0 Å². The maximum absolute atomic E-state index is 12.0. The van der Waals surface area contributed by atoms with E-state index in [0.29, 0.717) is 23.3 Å². The number of fused-ring (bicyclic) bond motifs is 1. The van der Waals surface area contributed by atoms with E-state index >= 15 is 0 Å². The summed E-state index contributed by atoms with van der Waals surface area (Å²) < 4.78 is 15.3. The van der Waals surface area contributed by atoms with Crippen molar-refractivity contribution in [2.45, 2.75) is 32.6 Å². The number of carbonyl (C=O) groups excluding carboxylic acids is 2. The van der Waals surface area contributed by atoms with Crippen molar-refractivity contribution in [2.24, 2.45) is 5.92 Å². The summed E-state index contributed by atoms with van der Waals surface area (Å²) in [5.74, 6) is -0.356. The molecule has 1 aromatic carbocycles. The predicted octanol–water partition coefficient (Wildman–Crippen LogP) is 2.52. The number of aryl methyl sites for hydroxylation is 2. The van der Waals surface area contributed by atoms with E-state index in [2.05, 4.69) is 4.74 Å². The maximum atomic E-state index is 12.0. The zero-order chi connectivity index (χ0) is 17.3. The molecule has 1 fully saturated rings. The first-order valence-electron chi connectivity index (χ1n) is 7.84. The Balaban J connectivity index is 2.01. The van der Waals surface area contributed by atoms with Crippen LogP contribution in [0.25, 0.3) is 11.0 Å². The first kappa shape index (κ1) is 16.2. The molecule has 24 heavy (non-hydrogen) atoms. The Hall–Kier alpha value is -2.63. The molecule has 0 bridgehead atoms. The fourth-order valence-electron chi connectivity index (χ4n) is 2.53. The van der Waals surface area contributed by atoms with E-state index in [0.717, 1.165) is 23.8 Å². The van der Waals surface area contributed by atoms with E-state index in [1.54, 1.807) is 19.1 Å². The Morgan fingerprint density at radius 2 is 2.00 bits per heavy atom. The molecule has 0 saturated heterocycles. The third kappa shape index (κ3) is 3.48. The second-order valence-electron chi connectivity index (χ2n) is 5.98. The van der Waals surface area contributed by atoms with Gasteiger partial charge in [0.05, 0.1) is 13.0 Å². The number of esters is 2. The number of benzene rings is 1. The summed E-state index contributed by atoms with van der Waals surface area (Å²) in [5, 5.41) is 0.751. The van der Waals surface area contributed by atoms with Crippen molar-refractivity contribution in [2.75, 3.05) is 7.11 Å². The molecule has 6 heteroatoms. The van der Waals surface area contributed by atoms with Crippen LogP contribution in [0.3, 0.4) is 0 Å². The van der Waals surface area contributed by atoms with Crippen LogP contribution in [0.4, 0.5) is 0 Å². The molecule has 1 heterocycles. The summed E-state index contributed by atoms with van der Waals surface area (Å²) in [7, 11) is 1.33. The number of ether oxygens (including phenoxy) is 2. The molecule has 126 valence electrons. The topological polar surface area (TPSA) is 82.8 Å². The lowest BCUT2D eigenvalue weighted by atomic mass is 10.0. The third-order valence-electron chi connectivity index (χ3n) is 4.08. The normalized spacial score (nSPS) is 13.8. The van der Waals surface area contributed by atoms with Gasteiger partial charge in [-0.25, -0.2) is 4.79 Å². The van der Waals surface area contributed by atoms with E-state index in [1.165, 1.54) is 13.2 Å². The summed E-state index contributed by atoms with van der Waals surface area (Å²) in [5.41, 5.74) is 1.38. The molecule has 1 saturated carbocycles. The monoisotopic (exact) mass is 330 g/mol. The average Bonchev–Trinajstić information content (AvgIpc) is 3.37. The minimum absolute atomic E-state index is 0.0568. The maximum Gasteiger partial charge on any atom is 0.336 e. The van der Waals surface area contributed by atoms with Gasteiger partial charge in [-0.2, -0.15) is 0 Å². The van der Waals surface area contributed by atoms with Gasteiger partial charge in [-0.3, -0.25) is 9.59 Å². The molecule has 0 amide bonds. The molecule has 0 spiro atoms. The lowest BCUT2D eigenvalue weighted by Crippen LogP contribution is -2.12. The lowest BCUT2D eigenvalue weighted by molar-refractivity contribution is -0.140. The standard InChI is InChI=1S/C18H18O6/c1-10-7-17(20)23-15-9-14(24-18(21)11-3-4-11)12(8-13(10)15)5-6-16(19)22-2/h7-9,11H,3-6H2,1-2H3. The van der Waals surface area contributed by atoms with Gasteiger partial charge in [-0.1, -0.05) is 0 Å². The van der Waals surface area contributed by atoms with Crippen molar-refractivity contribution in [1.29, 1.82) is 0 Å². The molecule has 3 rings (SSSR count). The third-order valence-corrected chi connectivity index (χ3v) is 4.08. The van der Waals surface area contributed by atoms with Gasteiger partial charge in [0.15, 0.2) is 0 Å². The van der Waals surface area contributed by atoms with E-state index in [4.69, 9.17) is 9.15 Å². The van der Waals surface area contributed by atoms with Crippen LogP contribution < -0.4 is 10.4 Å². The van der Waals surface area contributed by atoms with Crippen molar-refractivity contribution in [1.82, 2.24) is 0 Å². The molecular formula is C18H18O6. The fourth-order valence-corrected chi connectivity index (χ4v) is 2.53. The van der Waals surface area contributed by atoms with E-state index in [9.17, 15) is 14.4 Å². The van der Waals surface area contributed by atoms with Crippen LogP contribution in [0.15, 0.2) is 27.4 Å². The molecule has 2 aromatic rings. The van der Waals surface area contributed by atoms with Crippen molar-refractivity contribution in [3.8, 4) is 5.75 Å². The Morgan fingerprint density at radius 1 is 1.25 bits per heavy atom. The minimum atomic E-state index is -0.457. The molecule has 6 nitrogen and oxygen atoms in total.